The summed E-state index contributed by atoms with van der Waals surface area (Å²) in [6.07, 6.45) is 3.40. The number of hydrogen-bond acceptors (Lipinski definition) is 3. The fraction of sp³-hybridized carbons (Fsp3) is 0.909. The van der Waals surface area contributed by atoms with Crippen LogP contribution in [0, 0.1) is 11.8 Å². The molecule has 0 saturated heterocycles. The summed E-state index contributed by atoms with van der Waals surface area (Å²) in [7, 11) is 0. The van der Waals surface area contributed by atoms with E-state index in [1.54, 1.807) is 0 Å². The Hall–Kier alpha value is -0.770. The molecule has 4 heteroatoms. The third-order valence-electron chi connectivity index (χ3n) is 3.02. The quantitative estimate of drug-likeness (QED) is 0.686. The molecule has 0 radical (unpaired) electrons. The van der Waals surface area contributed by atoms with Gasteiger partial charge in [0.05, 0.1) is 0 Å². The van der Waals surface area contributed by atoms with E-state index >= 15 is 0 Å². The van der Waals surface area contributed by atoms with Crippen LogP contribution in [0.5, 0.6) is 0 Å². The normalized spacial score (nSPS) is 33.4. The molecule has 0 aromatic heterocycles. The summed E-state index contributed by atoms with van der Waals surface area (Å²) >= 11 is 0. The van der Waals surface area contributed by atoms with Gasteiger partial charge in [0.2, 0.25) is 0 Å². The smallest absolute Gasteiger partial charge is 0.422 e. The summed E-state index contributed by atoms with van der Waals surface area (Å²) in [6, 6.07) is 0.446. The standard InChI is InChI=1S/C11H20N2O2/c1-11(2,3)15-10(14)13-12-9-5-7-4-8(7)6-9/h7-9,12H,4-6H2,1-3H3,(H,13,14). The van der Waals surface area contributed by atoms with Crippen molar-refractivity contribution in [1.82, 2.24) is 10.9 Å². The van der Waals surface area contributed by atoms with Crippen molar-refractivity contribution in [3.63, 3.8) is 0 Å². The highest BCUT2D eigenvalue weighted by Crippen LogP contribution is 2.51. The van der Waals surface area contributed by atoms with Crippen LogP contribution >= 0.6 is 0 Å². The van der Waals surface area contributed by atoms with E-state index < -0.39 is 5.60 Å². The number of amides is 1. The maximum Gasteiger partial charge on any atom is 0.422 e. The minimum atomic E-state index is -0.427. The molecule has 2 unspecified atom stereocenters. The molecule has 0 aromatic rings. The van der Waals surface area contributed by atoms with Gasteiger partial charge < -0.3 is 4.74 Å². The minimum absolute atomic E-state index is 0.386. The molecule has 15 heavy (non-hydrogen) atoms. The summed E-state index contributed by atoms with van der Waals surface area (Å²) in [5.74, 6) is 1.84. The molecule has 0 heterocycles. The molecular weight excluding hydrogens is 192 g/mol. The molecule has 0 aliphatic heterocycles. The second kappa shape index (κ2) is 3.67. The zero-order valence-corrected chi connectivity index (χ0v) is 9.67. The molecule has 2 rings (SSSR count). The van der Waals surface area contributed by atoms with Crippen molar-refractivity contribution in [2.24, 2.45) is 11.8 Å². The Balaban J connectivity index is 1.63. The van der Waals surface area contributed by atoms with Crippen LogP contribution in [0.3, 0.4) is 0 Å². The Morgan fingerprint density at radius 1 is 1.20 bits per heavy atom. The fourth-order valence-corrected chi connectivity index (χ4v) is 2.30. The van der Waals surface area contributed by atoms with Crippen LogP contribution in [0.4, 0.5) is 4.79 Å². The van der Waals surface area contributed by atoms with Crippen molar-refractivity contribution in [3.8, 4) is 0 Å². The van der Waals surface area contributed by atoms with Gasteiger partial charge in [-0.1, -0.05) is 0 Å². The molecule has 4 nitrogen and oxygen atoms in total. The third-order valence-corrected chi connectivity index (χ3v) is 3.02. The first-order valence-electron chi connectivity index (χ1n) is 5.68. The van der Waals surface area contributed by atoms with E-state index in [0.717, 1.165) is 11.8 Å². The summed E-state index contributed by atoms with van der Waals surface area (Å²) < 4.78 is 5.12. The molecule has 0 bridgehead atoms. The van der Waals surface area contributed by atoms with Gasteiger partial charge in [-0.2, -0.15) is 0 Å². The zero-order valence-electron chi connectivity index (χ0n) is 9.67. The van der Waals surface area contributed by atoms with Crippen molar-refractivity contribution in [2.75, 3.05) is 0 Å². The van der Waals surface area contributed by atoms with Gasteiger partial charge in [0.1, 0.15) is 5.60 Å². The number of ether oxygens (including phenoxy) is 1. The van der Waals surface area contributed by atoms with E-state index in [4.69, 9.17) is 4.74 Å². The molecule has 2 saturated carbocycles. The van der Waals surface area contributed by atoms with Crippen LogP contribution in [0.25, 0.3) is 0 Å². The van der Waals surface area contributed by atoms with E-state index in [2.05, 4.69) is 10.9 Å². The minimum Gasteiger partial charge on any atom is -0.443 e. The van der Waals surface area contributed by atoms with Crippen molar-refractivity contribution in [1.29, 1.82) is 0 Å². The van der Waals surface area contributed by atoms with E-state index in [1.165, 1.54) is 19.3 Å². The molecule has 2 N–H and O–H groups in total. The van der Waals surface area contributed by atoms with Crippen molar-refractivity contribution in [2.45, 2.75) is 51.7 Å². The average molecular weight is 212 g/mol. The van der Waals surface area contributed by atoms with Crippen LogP contribution in [0.15, 0.2) is 0 Å². The molecule has 2 aliphatic carbocycles. The molecule has 2 fully saturated rings. The van der Waals surface area contributed by atoms with Crippen LogP contribution in [0.2, 0.25) is 0 Å². The Labute approximate surface area is 90.7 Å². The molecule has 0 spiro atoms. The number of fused-ring (bicyclic) bond motifs is 1. The van der Waals surface area contributed by atoms with Gasteiger partial charge in [-0.25, -0.2) is 10.2 Å². The van der Waals surface area contributed by atoms with E-state index in [0.29, 0.717) is 6.04 Å². The van der Waals surface area contributed by atoms with E-state index in [-0.39, 0.29) is 6.09 Å². The summed E-state index contributed by atoms with van der Waals surface area (Å²) in [5, 5.41) is 0. The Bertz CT molecular complexity index is 250. The highest BCUT2D eigenvalue weighted by molar-refractivity contribution is 5.67. The number of carbonyl (C=O) groups is 1. The van der Waals surface area contributed by atoms with Crippen molar-refractivity contribution < 1.29 is 9.53 Å². The zero-order chi connectivity index (χ0) is 11.1. The summed E-state index contributed by atoms with van der Waals surface area (Å²) in [5.41, 5.74) is 5.22. The lowest BCUT2D eigenvalue weighted by molar-refractivity contribution is 0.0487. The molecule has 86 valence electrons. The van der Waals surface area contributed by atoms with Gasteiger partial charge in [-0.15, -0.1) is 0 Å². The highest BCUT2D eigenvalue weighted by Gasteiger charge is 2.45. The Morgan fingerprint density at radius 3 is 2.33 bits per heavy atom. The van der Waals surface area contributed by atoms with Crippen LogP contribution in [-0.4, -0.2) is 17.7 Å². The largest absolute Gasteiger partial charge is 0.443 e. The summed E-state index contributed by atoms with van der Waals surface area (Å²) in [4.78, 5) is 11.3. The first kappa shape index (κ1) is 10.7. The first-order chi connectivity index (χ1) is 6.94. The number of rotatable bonds is 2. The van der Waals surface area contributed by atoms with Gasteiger partial charge >= 0.3 is 6.09 Å². The lowest BCUT2D eigenvalue weighted by Gasteiger charge is -2.21. The second-order valence-corrected chi connectivity index (χ2v) is 5.70. The molecular formula is C11H20N2O2. The Morgan fingerprint density at radius 2 is 1.80 bits per heavy atom. The maximum atomic E-state index is 11.3. The van der Waals surface area contributed by atoms with Crippen molar-refractivity contribution in [3.05, 3.63) is 0 Å². The topological polar surface area (TPSA) is 50.4 Å². The second-order valence-electron chi connectivity index (χ2n) is 5.70. The number of hydrazine groups is 1. The van der Waals surface area contributed by atoms with Crippen LogP contribution < -0.4 is 10.9 Å². The molecule has 1 amide bonds. The maximum absolute atomic E-state index is 11.3. The molecule has 0 aromatic carbocycles. The lowest BCUT2D eigenvalue weighted by atomic mass is 10.2. The molecule has 2 atom stereocenters. The Kier molecular flexibility index (Phi) is 2.63. The van der Waals surface area contributed by atoms with Crippen LogP contribution in [0.1, 0.15) is 40.0 Å². The number of nitrogens with one attached hydrogen (secondary N) is 2. The number of hydrogen-bond donors (Lipinski definition) is 2. The van der Waals surface area contributed by atoms with Gasteiger partial charge in [0, 0.05) is 6.04 Å². The third kappa shape index (κ3) is 3.09. The predicted octanol–water partition coefficient (Wildman–Crippen LogP) is 1.81. The van der Waals surface area contributed by atoms with Gasteiger partial charge in [0.15, 0.2) is 0 Å². The highest BCUT2D eigenvalue weighted by atomic mass is 16.6. The fourth-order valence-electron chi connectivity index (χ4n) is 2.30. The van der Waals surface area contributed by atoms with Gasteiger partial charge in [0.25, 0.3) is 0 Å². The SMILES string of the molecule is CC(C)(C)OC(=O)NNC1CC2CC2C1. The van der Waals surface area contributed by atoms with Crippen molar-refractivity contribution >= 4 is 6.09 Å². The monoisotopic (exact) mass is 212 g/mol. The van der Waals surface area contributed by atoms with Gasteiger partial charge in [-0.3, -0.25) is 5.43 Å². The predicted molar refractivity (Wildman–Crippen MR) is 57.1 cm³/mol. The average Bonchev–Trinajstić information content (AvgIpc) is 2.68. The first-order valence-corrected chi connectivity index (χ1v) is 5.68. The number of carbonyl (C=O) groups excluding carboxylic acids is 1. The molecule has 2 aliphatic rings. The van der Waals surface area contributed by atoms with Crippen LogP contribution in [-0.2, 0) is 4.74 Å². The van der Waals surface area contributed by atoms with E-state index in [1.807, 2.05) is 20.8 Å². The van der Waals surface area contributed by atoms with Gasteiger partial charge in [-0.05, 0) is 51.9 Å². The van der Waals surface area contributed by atoms with E-state index in [9.17, 15) is 4.79 Å². The summed E-state index contributed by atoms with van der Waals surface area (Å²) in [6.45, 7) is 5.58. The lowest BCUT2D eigenvalue weighted by Crippen LogP contribution is -2.45.